The number of hydrogen-bond acceptors (Lipinski definition) is 1. The lowest BCUT2D eigenvalue weighted by atomic mass is 10.0. The van der Waals surface area contributed by atoms with Crippen LogP contribution in [-0.4, -0.2) is 11.1 Å². The minimum atomic E-state index is -0.927. The molecule has 2 heteroatoms. The molecule has 15 heavy (non-hydrogen) atoms. The van der Waals surface area contributed by atoms with Gasteiger partial charge in [0.15, 0.2) is 0 Å². The van der Waals surface area contributed by atoms with Crippen molar-refractivity contribution in [3.63, 3.8) is 0 Å². The monoisotopic (exact) mass is 202 g/mol. The number of carbonyl (C=O) groups is 1. The largest absolute Gasteiger partial charge is 0.478 e. The second kappa shape index (κ2) is 5.15. The maximum atomic E-state index is 10.3. The average molecular weight is 202 g/mol. The van der Waals surface area contributed by atoms with E-state index in [1.807, 2.05) is 38.1 Å². The summed E-state index contributed by atoms with van der Waals surface area (Å²) in [6, 6.07) is 8.02. The van der Waals surface area contributed by atoms with Crippen LogP contribution in [0, 0.1) is 6.92 Å². The van der Waals surface area contributed by atoms with Crippen molar-refractivity contribution in [3.05, 3.63) is 53.6 Å². The molecule has 0 saturated carbocycles. The molecule has 0 heterocycles. The Morgan fingerprint density at radius 2 is 2.00 bits per heavy atom. The van der Waals surface area contributed by atoms with Crippen LogP contribution in [0.1, 0.15) is 18.1 Å². The van der Waals surface area contributed by atoms with Gasteiger partial charge < -0.3 is 5.11 Å². The smallest absolute Gasteiger partial charge is 0.328 e. The van der Waals surface area contributed by atoms with Crippen molar-refractivity contribution in [1.29, 1.82) is 0 Å². The first-order chi connectivity index (χ1) is 7.11. The lowest BCUT2D eigenvalue weighted by molar-refractivity contribution is -0.131. The predicted molar refractivity (Wildman–Crippen MR) is 61.6 cm³/mol. The van der Waals surface area contributed by atoms with Gasteiger partial charge in [0.2, 0.25) is 0 Å². The topological polar surface area (TPSA) is 37.3 Å². The number of aliphatic carboxylic acids is 1. The van der Waals surface area contributed by atoms with Crippen molar-refractivity contribution in [2.24, 2.45) is 0 Å². The van der Waals surface area contributed by atoms with E-state index in [2.05, 4.69) is 0 Å². The van der Waals surface area contributed by atoms with Crippen LogP contribution in [0.4, 0.5) is 0 Å². The van der Waals surface area contributed by atoms with Gasteiger partial charge in [-0.05, 0) is 30.5 Å². The van der Waals surface area contributed by atoms with E-state index < -0.39 is 5.97 Å². The number of benzene rings is 1. The fourth-order valence-corrected chi connectivity index (χ4v) is 1.38. The fourth-order valence-electron chi connectivity index (χ4n) is 1.38. The lowest BCUT2D eigenvalue weighted by Gasteiger charge is -2.04. The molecule has 0 spiro atoms. The van der Waals surface area contributed by atoms with Crippen molar-refractivity contribution in [3.8, 4) is 0 Å². The van der Waals surface area contributed by atoms with Crippen molar-refractivity contribution in [2.75, 3.05) is 0 Å². The standard InChI is InChI=1S/C13H14O2/c1-10-6-3-4-8-12(10)11(2)7-5-9-13(14)15/h3-9H,1-2H3,(H,14,15)/b9-5+,11-7+. The highest BCUT2D eigenvalue weighted by atomic mass is 16.4. The molecule has 0 saturated heterocycles. The third-order valence-corrected chi connectivity index (χ3v) is 2.15. The number of allylic oxidation sites excluding steroid dienone is 3. The Balaban J connectivity index is 2.90. The van der Waals surface area contributed by atoms with E-state index in [1.54, 1.807) is 12.2 Å². The molecule has 78 valence electrons. The summed E-state index contributed by atoms with van der Waals surface area (Å²) in [5.74, 6) is -0.927. The second-order valence-electron chi connectivity index (χ2n) is 3.36. The van der Waals surface area contributed by atoms with Gasteiger partial charge in [-0.1, -0.05) is 36.4 Å². The fraction of sp³-hybridized carbons (Fsp3) is 0.154. The molecule has 0 unspecified atom stereocenters. The van der Waals surface area contributed by atoms with E-state index in [-0.39, 0.29) is 0 Å². The summed E-state index contributed by atoms with van der Waals surface area (Å²) in [5.41, 5.74) is 3.40. The van der Waals surface area contributed by atoms with Crippen LogP contribution in [0.5, 0.6) is 0 Å². The van der Waals surface area contributed by atoms with Crippen molar-refractivity contribution in [2.45, 2.75) is 13.8 Å². The zero-order chi connectivity index (χ0) is 11.3. The third kappa shape index (κ3) is 3.43. The van der Waals surface area contributed by atoms with Crippen LogP contribution in [0.25, 0.3) is 5.57 Å². The average Bonchev–Trinajstić information content (AvgIpc) is 2.17. The molecule has 1 rings (SSSR count). The minimum absolute atomic E-state index is 0.927. The molecule has 0 radical (unpaired) electrons. The Hall–Kier alpha value is -1.83. The van der Waals surface area contributed by atoms with Gasteiger partial charge in [-0.25, -0.2) is 4.79 Å². The van der Waals surface area contributed by atoms with Gasteiger partial charge in [-0.2, -0.15) is 0 Å². The first kappa shape index (κ1) is 11.2. The zero-order valence-corrected chi connectivity index (χ0v) is 8.90. The van der Waals surface area contributed by atoms with E-state index in [0.29, 0.717) is 0 Å². The quantitative estimate of drug-likeness (QED) is 0.604. The van der Waals surface area contributed by atoms with E-state index >= 15 is 0 Å². The maximum absolute atomic E-state index is 10.3. The van der Waals surface area contributed by atoms with Crippen molar-refractivity contribution in [1.82, 2.24) is 0 Å². The van der Waals surface area contributed by atoms with Gasteiger partial charge in [-0.15, -0.1) is 0 Å². The van der Waals surface area contributed by atoms with Gasteiger partial charge in [-0.3, -0.25) is 0 Å². The molecule has 2 nitrogen and oxygen atoms in total. The zero-order valence-electron chi connectivity index (χ0n) is 8.90. The van der Waals surface area contributed by atoms with Crippen LogP contribution in [0.3, 0.4) is 0 Å². The highest BCUT2D eigenvalue weighted by molar-refractivity contribution is 5.80. The van der Waals surface area contributed by atoms with Crippen LogP contribution in [0.2, 0.25) is 0 Å². The number of aryl methyl sites for hydroxylation is 1. The Morgan fingerprint density at radius 1 is 1.33 bits per heavy atom. The molecule has 0 aliphatic rings. The van der Waals surface area contributed by atoms with Gasteiger partial charge >= 0.3 is 5.97 Å². The van der Waals surface area contributed by atoms with E-state index in [1.165, 1.54) is 5.56 Å². The molecule has 0 aliphatic heterocycles. The van der Waals surface area contributed by atoms with Gasteiger partial charge in [0, 0.05) is 6.08 Å². The number of carboxylic acid groups (broad SMARTS) is 1. The molecule has 1 N–H and O–H groups in total. The van der Waals surface area contributed by atoms with E-state index in [9.17, 15) is 4.79 Å². The van der Waals surface area contributed by atoms with Crippen molar-refractivity contribution < 1.29 is 9.90 Å². The maximum Gasteiger partial charge on any atom is 0.328 e. The molecule has 0 amide bonds. The predicted octanol–water partition coefficient (Wildman–Crippen LogP) is 3.04. The Kier molecular flexibility index (Phi) is 3.86. The van der Waals surface area contributed by atoms with Crippen LogP contribution < -0.4 is 0 Å². The SMILES string of the molecule is C/C(=C\C=C\C(=O)O)c1ccccc1C. The molecular weight excluding hydrogens is 188 g/mol. The Labute approximate surface area is 89.6 Å². The summed E-state index contributed by atoms with van der Waals surface area (Å²) in [6.45, 7) is 4.00. The van der Waals surface area contributed by atoms with Gasteiger partial charge in [0.1, 0.15) is 0 Å². The lowest BCUT2D eigenvalue weighted by Crippen LogP contribution is -1.86. The molecular formula is C13H14O2. The molecule has 1 aromatic rings. The Morgan fingerprint density at radius 3 is 2.60 bits per heavy atom. The minimum Gasteiger partial charge on any atom is -0.478 e. The van der Waals surface area contributed by atoms with E-state index in [0.717, 1.165) is 17.2 Å². The summed E-state index contributed by atoms with van der Waals surface area (Å²) in [6.07, 6.45) is 4.47. The Bertz CT molecular complexity index is 414. The molecule has 0 bridgehead atoms. The van der Waals surface area contributed by atoms with Crippen LogP contribution in [0.15, 0.2) is 42.5 Å². The summed E-state index contributed by atoms with van der Waals surface area (Å²) < 4.78 is 0. The summed E-state index contributed by atoms with van der Waals surface area (Å²) in [4.78, 5) is 10.3. The number of rotatable bonds is 3. The first-order valence-corrected chi connectivity index (χ1v) is 4.75. The highest BCUT2D eigenvalue weighted by Crippen LogP contribution is 2.17. The van der Waals surface area contributed by atoms with Gasteiger partial charge in [0.25, 0.3) is 0 Å². The van der Waals surface area contributed by atoms with E-state index in [4.69, 9.17) is 5.11 Å². The summed E-state index contributed by atoms with van der Waals surface area (Å²) in [5, 5.41) is 8.44. The van der Waals surface area contributed by atoms with Gasteiger partial charge in [0.05, 0.1) is 0 Å². The number of hydrogen-bond donors (Lipinski definition) is 1. The third-order valence-electron chi connectivity index (χ3n) is 2.15. The second-order valence-corrected chi connectivity index (χ2v) is 3.36. The number of carboxylic acids is 1. The highest BCUT2D eigenvalue weighted by Gasteiger charge is 1.97. The summed E-state index contributed by atoms with van der Waals surface area (Å²) in [7, 11) is 0. The normalized spacial score (nSPS) is 12.0. The molecule has 0 aliphatic carbocycles. The molecule has 1 aromatic carbocycles. The van der Waals surface area contributed by atoms with Crippen LogP contribution in [-0.2, 0) is 4.79 Å². The first-order valence-electron chi connectivity index (χ1n) is 4.75. The van der Waals surface area contributed by atoms with Crippen molar-refractivity contribution >= 4 is 11.5 Å². The van der Waals surface area contributed by atoms with Crippen LogP contribution >= 0.6 is 0 Å². The molecule has 0 aromatic heterocycles. The molecule has 0 fully saturated rings. The summed E-state index contributed by atoms with van der Waals surface area (Å²) >= 11 is 0. The molecule has 0 atom stereocenters.